The van der Waals surface area contributed by atoms with E-state index in [4.69, 9.17) is 0 Å². The molecule has 2 saturated carbocycles. The first kappa shape index (κ1) is 18.0. The Morgan fingerprint density at radius 2 is 2.04 bits per heavy atom. The van der Waals surface area contributed by atoms with Gasteiger partial charge in [0.25, 0.3) is 5.91 Å². The summed E-state index contributed by atoms with van der Waals surface area (Å²) in [5.41, 5.74) is 1.15. The molecule has 2 amide bonds. The summed E-state index contributed by atoms with van der Waals surface area (Å²) in [4.78, 5) is 24.3. The third-order valence-electron chi connectivity index (χ3n) is 4.62. The summed E-state index contributed by atoms with van der Waals surface area (Å²) in [6.07, 6.45) is 4.73. The van der Waals surface area contributed by atoms with Gasteiger partial charge in [0.05, 0.1) is 5.75 Å². The second-order valence-corrected chi connectivity index (χ2v) is 7.94. The lowest BCUT2D eigenvalue weighted by Gasteiger charge is -2.09. The highest BCUT2D eigenvalue weighted by molar-refractivity contribution is 7.99. The molecule has 2 N–H and O–H groups in total. The van der Waals surface area contributed by atoms with E-state index in [9.17, 15) is 9.59 Å². The molecule has 4 rings (SSSR count). The van der Waals surface area contributed by atoms with Gasteiger partial charge in [0.1, 0.15) is 5.82 Å². The lowest BCUT2D eigenvalue weighted by atomic mass is 10.2. The summed E-state index contributed by atoms with van der Waals surface area (Å²) < 4.78 is 2.24. The molecule has 2 aromatic rings. The minimum absolute atomic E-state index is 0.119. The number of carbonyl (C=O) groups excluding carboxylic acids is 2. The minimum Gasteiger partial charge on any atom is -0.352 e. The molecule has 0 bridgehead atoms. The summed E-state index contributed by atoms with van der Waals surface area (Å²) in [5.74, 6) is 1.65. The summed E-state index contributed by atoms with van der Waals surface area (Å²) in [5, 5.41) is 15.1. The summed E-state index contributed by atoms with van der Waals surface area (Å²) in [6.45, 7) is 2.44. The lowest BCUT2D eigenvalue weighted by Crippen LogP contribution is -2.23. The van der Waals surface area contributed by atoms with Crippen LogP contribution in [0.1, 0.15) is 60.7 Å². The first-order valence-electron chi connectivity index (χ1n) is 9.41. The van der Waals surface area contributed by atoms with Crippen molar-refractivity contribution in [3.05, 3.63) is 35.7 Å². The molecule has 7 nitrogen and oxygen atoms in total. The number of nitrogens with zero attached hydrogens (tertiary/aromatic N) is 3. The highest BCUT2D eigenvalue weighted by Gasteiger charge is 2.36. The number of hydrogen-bond acceptors (Lipinski definition) is 5. The summed E-state index contributed by atoms with van der Waals surface area (Å²) >= 11 is 1.43. The molecular weight excluding hydrogens is 362 g/mol. The van der Waals surface area contributed by atoms with Gasteiger partial charge in [-0.3, -0.25) is 9.59 Å². The van der Waals surface area contributed by atoms with Crippen molar-refractivity contribution in [3.63, 3.8) is 0 Å². The Kier molecular flexibility index (Phi) is 5.15. The maximum Gasteiger partial charge on any atom is 0.251 e. The molecule has 0 aliphatic heterocycles. The van der Waals surface area contributed by atoms with Crippen LogP contribution in [-0.2, 0) is 4.79 Å². The normalized spacial score (nSPS) is 16.2. The van der Waals surface area contributed by atoms with E-state index < -0.39 is 0 Å². The van der Waals surface area contributed by atoms with Crippen LogP contribution in [0.4, 0.5) is 5.69 Å². The lowest BCUT2D eigenvalue weighted by molar-refractivity contribution is -0.113. The van der Waals surface area contributed by atoms with Gasteiger partial charge in [0.15, 0.2) is 5.16 Å². The van der Waals surface area contributed by atoms with Crippen LogP contribution in [0.25, 0.3) is 0 Å². The van der Waals surface area contributed by atoms with Crippen molar-refractivity contribution in [1.82, 2.24) is 20.1 Å². The molecule has 0 spiro atoms. The zero-order valence-electron chi connectivity index (χ0n) is 15.3. The van der Waals surface area contributed by atoms with Crippen LogP contribution < -0.4 is 10.6 Å². The Morgan fingerprint density at radius 1 is 1.22 bits per heavy atom. The SMILES string of the molecule is CCNC(=O)c1cccc(NC(=O)CSc2nnc(C3CC3)n2C2CC2)c1. The molecule has 0 atom stereocenters. The van der Waals surface area contributed by atoms with Crippen molar-refractivity contribution in [2.45, 2.75) is 49.7 Å². The summed E-state index contributed by atoms with van der Waals surface area (Å²) in [6, 6.07) is 7.47. The van der Waals surface area contributed by atoms with Gasteiger partial charge in [-0.15, -0.1) is 10.2 Å². The molecule has 142 valence electrons. The molecule has 1 heterocycles. The van der Waals surface area contributed by atoms with Crippen molar-refractivity contribution in [3.8, 4) is 0 Å². The molecule has 27 heavy (non-hydrogen) atoms. The third kappa shape index (κ3) is 4.32. The first-order chi connectivity index (χ1) is 13.2. The van der Waals surface area contributed by atoms with Crippen molar-refractivity contribution in [2.75, 3.05) is 17.6 Å². The van der Waals surface area contributed by atoms with Crippen molar-refractivity contribution < 1.29 is 9.59 Å². The summed E-state index contributed by atoms with van der Waals surface area (Å²) in [7, 11) is 0. The van der Waals surface area contributed by atoms with Gasteiger partial charge in [-0.05, 0) is 50.8 Å². The Hall–Kier alpha value is -2.35. The average molecular weight is 385 g/mol. The van der Waals surface area contributed by atoms with Gasteiger partial charge < -0.3 is 15.2 Å². The number of anilines is 1. The zero-order valence-corrected chi connectivity index (χ0v) is 16.1. The number of aromatic nitrogens is 3. The second kappa shape index (κ2) is 7.72. The van der Waals surface area contributed by atoms with E-state index >= 15 is 0 Å². The standard InChI is InChI=1S/C19H23N5O2S/c1-2-20-18(26)13-4-3-5-14(10-13)21-16(25)11-27-19-23-22-17(12-6-7-12)24(19)15-8-9-15/h3-5,10,12,15H,2,6-9,11H2,1H3,(H,20,26)(H,21,25). The van der Waals surface area contributed by atoms with Gasteiger partial charge in [0.2, 0.25) is 5.91 Å². The zero-order chi connectivity index (χ0) is 18.8. The Balaban J connectivity index is 1.37. The number of amides is 2. The van der Waals surface area contributed by atoms with Crippen molar-refractivity contribution in [1.29, 1.82) is 0 Å². The topological polar surface area (TPSA) is 88.9 Å². The molecule has 2 aliphatic carbocycles. The molecule has 2 aliphatic rings. The van der Waals surface area contributed by atoms with E-state index in [2.05, 4.69) is 25.4 Å². The Morgan fingerprint density at radius 3 is 2.74 bits per heavy atom. The third-order valence-corrected chi connectivity index (χ3v) is 5.57. The Bertz CT molecular complexity index is 858. The van der Waals surface area contributed by atoms with Crippen LogP contribution in [0.2, 0.25) is 0 Å². The quantitative estimate of drug-likeness (QED) is 0.682. The van der Waals surface area contributed by atoms with Gasteiger partial charge in [0, 0.05) is 29.8 Å². The van der Waals surface area contributed by atoms with E-state index in [-0.39, 0.29) is 17.6 Å². The van der Waals surface area contributed by atoms with Crippen LogP contribution in [0.5, 0.6) is 0 Å². The fourth-order valence-corrected chi connectivity index (χ4v) is 3.82. The number of nitrogens with one attached hydrogen (secondary N) is 2. The fraction of sp³-hybridized carbons (Fsp3) is 0.474. The number of rotatable bonds is 8. The number of benzene rings is 1. The van der Waals surface area contributed by atoms with Crippen LogP contribution in [-0.4, -0.2) is 38.9 Å². The monoisotopic (exact) mass is 385 g/mol. The minimum atomic E-state index is -0.145. The van der Waals surface area contributed by atoms with Crippen molar-refractivity contribution in [2.24, 2.45) is 0 Å². The van der Waals surface area contributed by atoms with Crippen LogP contribution in [0.15, 0.2) is 29.4 Å². The van der Waals surface area contributed by atoms with E-state index in [0.29, 0.717) is 29.8 Å². The number of carbonyl (C=O) groups is 2. The average Bonchev–Trinajstić information content (AvgIpc) is 3.59. The molecule has 8 heteroatoms. The molecule has 1 aromatic heterocycles. The van der Waals surface area contributed by atoms with E-state index in [1.807, 2.05) is 6.92 Å². The first-order valence-corrected chi connectivity index (χ1v) is 10.4. The van der Waals surface area contributed by atoms with Gasteiger partial charge in [-0.1, -0.05) is 17.8 Å². The molecule has 0 saturated heterocycles. The van der Waals surface area contributed by atoms with Crippen LogP contribution in [0.3, 0.4) is 0 Å². The van der Waals surface area contributed by atoms with E-state index in [1.165, 1.54) is 37.4 Å². The molecule has 0 unspecified atom stereocenters. The van der Waals surface area contributed by atoms with Gasteiger partial charge >= 0.3 is 0 Å². The molecule has 2 fully saturated rings. The number of hydrogen-bond donors (Lipinski definition) is 2. The van der Waals surface area contributed by atoms with Crippen LogP contribution >= 0.6 is 11.8 Å². The van der Waals surface area contributed by atoms with E-state index in [1.54, 1.807) is 24.3 Å². The largest absolute Gasteiger partial charge is 0.352 e. The predicted molar refractivity (Wildman–Crippen MR) is 104 cm³/mol. The number of thioether (sulfide) groups is 1. The molecule has 0 radical (unpaired) electrons. The van der Waals surface area contributed by atoms with Crippen LogP contribution in [0, 0.1) is 0 Å². The maximum atomic E-state index is 12.4. The predicted octanol–water partition coefficient (Wildman–Crippen LogP) is 2.97. The molecular formula is C19H23N5O2S. The molecule has 1 aromatic carbocycles. The fourth-order valence-electron chi connectivity index (χ4n) is 3.01. The second-order valence-electron chi connectivity index (χ2n) is 6.99. The van der Waals surface area contributed by atoms with E-state index in [0.717, 1.165) is 11.0 Å². The smallest absolute Gasteiger partial charge is 0.251 e. The highest BCUT2D eigenvalue weighted by Crippen LogP contribution is 2.45. The van der Waals surface area contributed by atoms with Gasteiger partial charge in [-0.2, -0.15) is 0 Å². The maximum absolute atomic E-state index is 12.4. The van der Waals surface area contributed by atoms with Gasteiger partial charge in [-0.25, -0.2) is 0 Å². The highest BCUT2D eigenvalue weighted by atomic mass is 32.2. The van der Waals surface area contributed by atoms with Crippen molar-refractivity contribution >= 4 is 29.3 Å². The Labute approximate surface area is 162 Å².